The Balaban J connectivity index is 1.48. The number of rotatable bonds is 7. The maximum Gasteiger partial charge on any atom is 0.352 e. The lowest BCUT2D eigenvalue weighted by molar-refractivity contribution is -0.689. The number of hydrogen-bond acceptors (Lipinski definition) is 6. The van der Waals surface area contributed by atoms with Crippen LogP contribution in [0.15, 0.2) is 53.3 Å². The van der Waals surface area contributed by atoms with Gasteiger partial charge in [0.2, 0.25) is 11.8 Å². The van der Waals surface area contributed by atoms with Crippen LogP contribution in [0.1, 0.15) is 15.2 Å². The number of carboxylic acids is 1. The summed E-state index contributed by atoms with van der Waals surface area (Å²) >= 11 is 2.88. The lowest BCUT2D eigenvalue weighted by atomic mass is 10.0. The van der Waals surface area contributed by atoms with Crippen molar-refractivity contribution in [2.24, 2.45) is 5.73 Å². The van der Waals surface area contributed by atoms with Crippen LogP contribution in [0.25, 0.3) is 0 Å². The van der Waals surface area contributed by atoms with Crippen molar-refractivity contribution in [2.75, 3.05) is 5.75 Å². The Labute approximate surface area is 185 Å². The van der Waals surface area contributed by atoms with Gasteiger partial charge >= 0.3 is 5.97 Å². The van der Waals surface area contributed by atoms with E-state index in [1.54, 1.807) is 29.1 Å². The van der Waals surface area contributed by atoms with E-state index in [0.717, 1.165) is 4.88 Å². The van der Waals surface area contributed by atoms with Gasteiger partial charge in [-0.05, 0) is 11.4 Å². The molecule has 160 valence electrons. The van der Waals surface area contributed by atoms with E-state index in [1.165, 1.54) is 28.0 Å². The Hall–Kier alpha value is -3.18. The van der Waals surface area contributed by atoms with Crippen molar-refractivity contribution < 1.29 is 28.9 Å². The van der Waals surface area contributed by atoms with Crippen LogP contribution in [0.4, 0.5) is 0 Å². The van der Waals surface area contributed by atoms with E-state index in [2.05, 4.69) is 5.32 Å². The molecule has 0 radical (unpaired) electrons. The van der Waals surface area contributed by atoms with E-state index < -0.39 is 29.2 Å². The van der Waals surface area contributed by atoms with Gasteiger partial charge in [-0.15, -0.1) is 23.1 Å². The summed E-state index contributed by atoms with van der Waals surface area (Å²) in [5.74, 6) is -2.03. The molecule has 11 heteroatoms. The number of β-lactam (4-membered cyclic amide) rings is 1. The second-order valence-electron chi connectivity index (χ2n) is 7.09. The average Bonchev–Trinajstić information content (AvgIpc) is 3.24. The highest BCUT2D eigenvalue weighted by molar-refractivity contribution is 8.00. The minimum absolute atomic E-state index is 0.0519. The minimum atomic E-state index is -1.19. The maximum atomic E-state index is 12.7. The molecule has 4 heterocycles. The molecule has 1 fully saturated rings. The molecule has 0 bridgehead atoms. The Kier molecular flexibility index (Phi) is 5.79. The number of carbonyl (C=O) groups is 4. The number of hydrogen-bond donors (Lipinski definition) is 3. The SMILES string of the molecule is NC(=O)c1cc[n+](CC2=C(C(=O)O)N3C(=O)C(NC(=O)Cc4cccs4)C3SC2)cc1. The molecule has 9 nitrogen and oxygen atoms in total. The number of carboxylic acid groups (broad SMARTS) is 1. The molecule has 2 atom stereocenters. The molecule has 4 rings (SSSR count). The number of thioether (sulfide) groups is 1. The van der Waals surface area contributed by atoms with E-state index in [0.29, 0.717) is 16.9 Å². The predicted molar refractivity (Wildman–Crippen MR) is 113 cm³/mol. The van der Waals surface area contributed by atoms with Crippen LogP contribution >= 0.6 is 23.1 Å². The Morgan fingerprint density at radius 3 is 2.61 bits per heavy atom. The highest BCUT2D eigenvalue weighted by atomic mass is 32.2. The number of amides is 3. The van der Waals surface area contributed by atoms with Crippen LogP contribution in [-0.4, -0.2) is 50.9 Å². The number of fused-ring (bicyclic) bond motifs is 1. The molecule has 2 aliphatic rings. The molecule has 1 saturated heterocycles. The summed E-state index contributed by atoms with van der Waals surface area (Å²) in [4.78, 5) is 50.3. The summed E-state index contributed by atoms with van der Waals surface area (Å²) in [6, 6.07) is 6.06. The highest BCUT2D eigenvalue weighted by Gasteiger charge is 2.54. The van der Waals surface area contributed by atoms with Crippen molar-refractivity contribution in [1.82, 2.24) is 10.2 Å². The zero-order valence-electron chi connectivity index (χ0n) is 16.2. The quantitative estimate of drug-likeness (QED) is 0.398. The van der Waals surface area contributed by atoms with Crippen molar-refractivity contribution in [2.45, 2.75) is 24.4 Å². The fourth-order valence-electron chi connectivity index (χ4n) is 3.55. The van der Waals surface area contributed by atoms with Crippen LogP contribution in [0, 0.1) is 0 Å². The molecular formula is C20H19N4O5S2+. The van der Waals surface area contributed by atoms with E-state index in [1.807, 2.05) is 17.5 Å². The minimum Gasteiger partial charge on any atom is -0.477 e. The number of pyridine rings is 1. The largest absolute Gasteiger partial charge is 0.477 e. The maximum absolute atomic E-state index is 12.7. The van der Waals surface area contributed by atoms with Gasteiger partial charge in [-0.25, -0.2) is 9.36 Å². The predicted octanol–water partition coefficient (Wildman–Crippen LogP) is 0.116. The van der Waals surface area contributed by atoms with Crippen LogP contribution in [0.3, 0.4) is 0 Å². The first kappa shape index (κ1) is 21.1. The van der Waals surface area contributed by atoms with Gasteiger partial charge in [-0.1, -0.05) is 6.07 Å². The molecule has 0 aliphatic carbocycles. The summed E-state index contributed by atoms with van der Waals surface area (Å²) in [6.07, 6.45) is 3.45. The zero-order valence-corrected chi connectivity index (χ0v) is 17.8. The van der Waals surface area contributed by atoms with Crippen molar-refractivity contribution >= 4 is 46.8 Å². The van der Waals surface area contributed by atoms with Crippen LogP contribution in [0.2, 0.25) is 0 Å². The van der Waals surface area contributed by atoms with Gasteiger partial charge in [-0.3, -0.25) is 19.3 Å². The Bertz CT molecular complexity index is 1080. The topological polar surface area (TPSA) is 134 Å². The molecule has 2 aromatic heterocycles. The fourth-order valence-corrected chi connectivity index (χ4v) is 5.59. The summed E-state index contributed by atoms with van der Waals surface area (Å²) in [6.45, 7) is 0.250. The van der Waals surface area contributed by atoms with Gasteiger partial charge < -0.3 is 16.2 Å². The average molecular weight is 460 g/mol. The third-order valence-electron chi connectivity index (χ3n) is 5.03. The lowest BCUT2D eigenvalue weighted by Crippen LogP contribution is -2.70. The second kappa shape index (κ2) is 8.52. The molecule has 0 aromatic carbocycles. The van der Waals surface area contributed by atoms with Gasteiger partial charge in [0.25, 0.3) is 5.91 Å². The standard InChI is InChI=1S/C20H18N4O5S2/c21-17(26)11-3-5-23(6-4-11)9-12-10-31-19-15(18(27)24(19)16(12)20(28)29)22-14(25)8-13-2-1-7-30-13/h1-7,15,19H,8-10H2,(H3-,21,22,25,26,28,29)/p+1. The molecule has 2 unspecified atom stereocenters. The van der Waals surface area contributed by atoms with Gasteiger partial charge in [-0.2, -0.15) is 0 Å². The summed E-state index contributed by atoms with van der Waals surface area (Å²) in [5, 5.41) is 13.9. The van der Waals surface area contributed by atoms with E-state index in [-0.39, 0.29) is 24.6 Å². The number of aromatic nitrogens is 1. The Morgan fingerprint density at radius 1 is 1.26 bits per heavy atom. The van der Waals surface area contributed by atoms with Gasteiger partial charge in [0.1, 0.15) is 17.1 Å². The van der Waals surface area contributed by atoms with Gasteiger partial charge in [0.15, 0.2) is 18.9 Å². The monoisotopic (exact) mass is 459 g/mol. The number of aliphatic carboxylic acids is 1. The van der Waals surface area contributed by atoms with Crippen molar-refractivity contribution in [1.29, 1.82) is 0 Å². The second-order valence-corrected chi connectivity index (χ2v) is 9.23. The number of nitrogens with one attached hydrogen (secondary N) is 1. The smallest absolute Gasteiger partial charge is 0.352 e. The fraction of sp³-hybridized carbons (Fsp3) is 0.250. The van der Waals surface area contributed by atoms with Crippen molar-refractivity contribution in [3.63, 3.8) is 0 Å². The van der Waals surface area contributed by atoms with Crippen molar-refractivity contribution in [3.05, 3.63) is 63.7 Å². The number of thiophene rings is 1. The normalized spacial score (nSPS) is 20.1. The molecule has 3 amide bonds. The van der Waals surface area contributed by atoms with Gasteiger partial charge in [0.05, 0.1) is 12.0 Å². The summed E-state index contributed by atoms with van der Waals surface area (Å²) in [5.41, 5.74) is 6.11. The molecule has 31 heavy (non-hydrogen) atoms. The van der Waals surface area contributed by atoms with E-state index in [9.17, 15) is 24.3 Å². The first-order chi connectivity index (χ1) is 14.8. The molecule has 0 spiro atoms. The first-order valence-electron chi connectivity index (χ1n) is 9.36. The number of nitrogens with zero attached hydrogens (tertiary/aromatic N) is 2. The van der Waals surface area contributed by atoms with Gasteiger partial charge in [0, 0.05) is 28.3 Å². The first-order valence-corrected chi connectivity index (χ1v) is 11.3. The number of nitrogens with two attached hydrogens (primary N) is 1. The zero-order chi connectivity index (χ0) is 22.1. The van der Waals surface area contributed by atoms with E-state index in [4.69, 9.17) is 5.73 Å². The molecule has 0 saturated carbocycles. The third kappa shape index (κ3) is 4.19. The summed E-state index contributed by atoms with van der Waals surface area (Å²) < 4.78 is 1.72. The lowest BCUT2D eigenvalue weighted by Gasteiger charge is -2.49. The molecular weight excluding hydrogens is 440 g/mol. The van der Waals surface area contributed by atoms with Crippen LogP contribution in [-0.2, 0) is 27.3 Å². The molecule has 2 aromatic rings. The van der Waals surface area contributed by atoms with Crippen molar-refractivity contribution in [3.8, 4) is 0 Å². The molecule has 2 aliphatic heterocycles. The summed E-state index contributed by atoms with van der Waals surface area (Å²) in [7, 11) is 0. The highest BCUT2D eigenvalue weighted by Crippen LogP contribution is 2.40. The van der Waals surface area contributed by atoms with E-state index >= 15 is 0 Å². The number of carbonyl (C=O) groups excluding carboxylic acids is 3. The number of primary amides is 1. The Morgan fingerprint density at radius 2 is 2.00 bits per heavy atom. The van der Waals surface area contributed by atoms with Crippen LogP contribution < -0.4 is 15.6 Å². The third-order valence-corrected chi connectivity index (χ3v) is 7.25. The molecule has 4 N–H and O–H groups in total. The van der Waals surface area contributed by atoms with Crippen LogP contribution in [0.5, 0.6) is 0 Å².